The number of amides is 1. The molecule has 0 spiro atoms. The van der Waals surface area contributed by atoms with Gasteiger partial charge in [-0.15, -0.1) is 0 Å². The summed E-state index contributed by atoms with van der Waals surface area (Å²) in [4.78, 5) is 22.0. The van der Waals surface area contributed by atoms with Gasteiger partial charge < -0.3 is 16.2 Å². The van der Waals surface area contributed by atoms with Crippen LogP contribution in [-0.2, 0) is 0 Å². The molecule has 2 aromatic carbocycles. The molecule has 0 unspecified atom stereocenters. The van der Waals surface area contributed by atoms with Crippen molar-refractivity contribution in [1.82, 2.24) is 0 Å². The molecule has 0 saturated carbocycles. The predicted octanol–water partition coefficient (Wildman–Crippen LogP) is 2.99. The minimum absolute atomic E-state index is 0.197. The molecule has 2 rings (SSSR count). The van der Waals surface area contributed by atoms with E-state index in [1.165, 1.54) is 12.1 Å². The van der Waals surface area contributed by atoms with Gasteiger partial charge in [-0.1, -0.05) is 6.07 Å². The van der Waals surface area contributed by atoms with Gasteiger partial charge in [0, 0.05) is 15.8 Å². The summed E-state index contributed by atoms with van der Waals surface area (Å²) in [5.74, 6) is -1.50. The maximum absolute atomic E-state index is 11.1. The normalized spacial score (nSPS) is 10.1. The van der Waals surface area contributed by atoms with Crippen molar-refractivity contribution >= 4 is 39.2 Å². The van der Waals surface area contributed by atoms with Crippen LogP contribution in [0.3, 0.4) is 0 Å². The van der Waals surface area contributed by atoms with Crippen molar-refractivity contribution in [2.75, 3.05) is 5.32 Å². The number of nitrogens with one attached hydrogen (secondary N) is 1. The molecule has 0 aliphatic heterocycles. The summed E-state index contributed by atoms with van der Waals surface area (Å²) in [5, 5.41) is 12.0. The van der Waals surface area contributed by atoms with Crippen molar-refractivity contribution in [2.45, 2.75) is 0 Å². The summed E-state index contributed by atoms with van der Waals surface area (Å²) in [6, 6.07) is 11.4. The number of primary amides is 1. The Hall–Kier alpha value is -2.34. The zero-order valence-corrected chi connectivity index (χ0v) is 11.8. The van der Waals surface area contributed by atoms with Crippen molar-refractivity contribution < 1.29 is 14.7 Å². The lowest BCUT2D eigenvalue weighted by molar-refractivity contribution is 0.0696. The van der Waals surface area contributed by atoms with Gasteiger partial charge in [0.1, 0.15) is 0 Å². The SMILES string of the molecule is NC(=O)c1ccc(Nc2cccc(C(=O)O)c2)cc1Br. The molecule has 2 aromatic rings. The van der Waals surface area contributed by atoms with Gasteiger partial charge in [0.25, 0.3) is 0 Å². The zero-order chi connectivity index (χ0) is 14.7. The lowest BCUT2D eigenvalue weighted by atomic mass is 10.1. The van der Waals surface area contributed by atoms with E-state index in [-0.39, 0.29) is 5.56 Å². The highest BCUT2D eigenvalue weighted by Gasteiger charge is 2.07. The molecular formula is C14H11BrN2O3. The summed E-state index contributed by atoms with van der Waals surface area (Å²) in [6.45, 7) is 0. The Balaban J connectivity index is 2.26. The van der Waals surface area contributed by atoms with E-state index in [1.54, 1.807) is 30.3 Å². The van der Waals surface area contributed by atoms with Crippen molar-refractivity contribution in [3.63, 3.8) is 0 Å². The fourth-order valence-corrected chi connectivity index (χ4v) is 2.26. The molecule has 0 fully saturated rings. The van der Waals surface area contributed by atoms with E-state index < -0.39 is 11.9 Å². The minimum Gasteiger partial charge on any atom is -0.478 e. The van der Waals surface area contributed by atoms with Gasteiger partial charge in [-0.25, -0.2) is 4.79 Å². The van der Waals surface area contributed by atoms with Crippen molar-refractivity contribution in [3.8, 4) is 0 Å². The van der Waals surface area contributed by atoms with Crippen LogP contribution < -0.4 is 11.1 Å². The largest absolute Gasteiger partial charge is 0.478 e. The second kappa shape index (κ2) is 5.75. The smallest absolute Gasteiger partial charge is 0.335 e. The van der Waals surface area contributed by atoms with Crippen LogP contribution in [-0.4, -0.2) is 17.0 Å². The number of aromatic carboxylic acids is 1. The van der Waals surface area contributed by atoms with Gasteiger partial charge >= 0.3 is 5.97 Å². The maximum atomic E-state index is 11.1. The number of anilines is 2. The van der Waals surface area contributed by atoms with Crippen molar-refractivity contribution in [3.05, 3.63) is 58.1 Å². The number of benzene rings is 2. The predicted molar refractivity (Wildman–Crippen MR) is 79.3 cm³/mol. The van der Waals surface area contributed by atoms with E-state index in [9.17, 15) is 9.59 Å². The second-order valence-corrected chi connectivity index (χ2v) is 4.92. The van der Waals surface area contributed by atoms with Crippen LogP contribution in [0.4, 0.5) is 11.4 Å². The topological polar surface area (TPSA) is 92.4 Å². The number of carbonyl (C=O) groups is 2. The fraction of sp³-hybridized carbons (Fsp3) is 0. The van der Waals surface area contributed by atoms with Crippen LogP contribution >= 0.6 is 15.9 Å². The number of carboxylic acid groups (broad SMARTS) is 1. The highest BCUT2D eigenvalue weighted by Crippen LogP contribution is 2.24. The number of carboxylic acids is 1. The third-order valence-corrected chi connectivity index (χ3v) is 3.29. The molecule has 0 aliphatic carbocycles. The summed E-state index contributed by atoms with van der Waals surface area (Å²) >= 11 is 3.26. The van der Waals surface area contributed by atoms with Crippen LogP contribution in [0, 0.1) is 0 Å². The molecule has 0 aromatic heterocycles. The van der Waals surface area contributed by atoms with Crippen molar-refractivity contribution in [2.24, 2.45) is 5.73 Å². The number of nitrogens with two attached hydrogens (primary N) is 1. The number of rotatable bonds is 4. The van der Waals surface area contributed by atoms with Gasteiger partial charge in [0.2, 0.25) is 5.91 Å². The summed E-state index contributed by atoms with van der Waals surface area (Å²) in [6.07, 6.45) is 0. The summed E-state index contributed by atoms with van der Waals surface area (Å²) < 4.78 is 0.574. The van der Waals surface area contributed by atoms with Gasteiger partial charge in [-0.05, 0) is 52.3 Å². The van der Waals surface area contributed by atoms with Crippen LogP contribution in [0.2, 0.25) is 0 Å². The summed E-state index contributed by atoms with van der Waals surface area (Å²) in [5.41, 5.74) is 7.15. The Morgan fingerprint density at radius 1 is 1.10 bits per heavy atom. The molecule has 0 aliphatic rings. The first-order valence-corrected chi connectivity index (χ1v) is 6.46. The highest BCUT2D eigenvalue weighted by molar-refractivity contribution is 9.10. The minimum atomic E-state index is -0.987. The molecule has 0 saturated heterocycles. The molecule has 4 N–H and O–H groups in total. The molecule has 5 nitrogen and oxygen atoms in total. The molecule has 0 atom stereocenters. The number of carbonyl (C=O) groups excluding carboxylic acids is 1. The molecule has 102 valence electrons. The van der Waals surface area contributed by atoms with Crippen LogP contribution in [0.25, 0.3) is 0 Å². The molecule has 0 radical (unpaired) electrons. The first kappa shape index (κ1) is 14.1. The quantitative estimate of drug-likeness (QED) is 0.801. The number of halogens is 1. The summed E-state index contributed by atoms with van der Waals surface area (Å²) in [7, 11) is 0. The number of hydrogen-bond acceptors (Lipinski definition) is 3. The standard InChI is InChI=1S/C14H11BrN2O3/c15-12-7-10(4-5-11(12)13(16)18)17-9-3-1-2-8(6-9)14(19)20/h1-7,17H,(H2,16,18)(H,19,20). The Labute approximate surface area is 123 Å². The van der Waals surface area contributed by atoms with Gasteiger partial charge in [0.15, 0.2) is 0 Å². The molecule has 0 bridgehead atoms. The number of hydrogen-bond donors (Lipinski definition) is 3. The molecule has 1 amide bonds. The Morgan fingerprint density at radius 2 is 1.80 bits per heavy atom. The average molecular weight is 335 g/mol. The van der Waals surface area contributed by atoms with E-state index >= 15 is 0 Å². The lowest BCUT2D eigenvalue weighted by Crippen LogP contribution is -2.11. The van der Waals surface area contributed by atoms with Crippen LogP contribution in [0.5, 0.6) is 0 Å². The molecule has 6 heteroatoms. The fourth-order valence-electron chi connectivity index (χ4n) is 1.69. The highest BCUT2D eigenvalue weighted by atomic mass is 79.9. The lowest BCUT2D eigenvalue weighted by Gasteiger charge is -2.09. The molecule has 20 heavy (non-hydrogen) atoms. The maximum Gasteiger partial charge on any atom is 0.335 e. The Morgan fingerprint density at radius 3 is 2.40 bits per heavy atom. The zero-order valence-electron chi connectivity index (χ0n) is 10.3. The van der Waals surface area contributed by atoms with E-state index in [1.807, 2.05) is 0 Å². The Kier molecular flexibility index (Phi) is 4.05. The van der Waals surface area contributed by atoms with E-state index in [0.29, 0.717) is 21.4 Å². The third kappa shape index (κ3) is 3.16. The third-order valence-electron chi connectivity index (χ3n) is 2.63. The van der Waals surface area contributed by atoms with E-state index in [2.05, 4.69) is 21.2 Å². The monoisotopic (exact) mass is 334 g/mol. The van der Waals surface area contributed by atoms with Gasteiger partial charge in [-0.3, -0.25) is 4.79 Å². The van der Waals surface area contributed by atoms with Gasteiger partial charge in [0.05, 0.1) is 11.1 Å². The van der Waals surface area contributed by atoms with E-state index in [0.717, 1.165) is 0 Å². The van der Waals surface area contributed by atoms with Crippen molar-refractivity contribution in [1.29, 1.82) is 0 Å². The second-order valence-electron chi connectivity index (χ2n) is 4.07. The van der Waals surface area contributed by atoms with E-state index in [4.69, 9.17) is 10.8 Å². The van der Waals surface area contributed by atoms with Crippen LogP contribution in [0.15, 0.2) is 46.9 Å². The molecular weight excluding hydrogens is 324 g/mol. The molecule has 0 heterocycles. The average Bonchev–Trinajstić information content (AvgIpc) is 2.38. The first-order valence-electron chi connectivity index (χ1n) is 5.67. The van der Waals surface area contributed by atoms with Crippen LogP contribution in [0.1, 0.15) is 20.7 Å². The van der Waals surface area contributed by atoms with Gasteiger partial charge in [-0.2, -0.15) is 0 Å². The first-order chi connectivity index (χ1) is 9.47. The Bertz CT molecular complexity index is 686.